The van der Waals surface area contributed by atoms with Crippen LogP contribution in [0.4, 0.5) is 0 Å². The van der Waals surface area contributed by atoms with Crippen LogP contribution in [0.5, 0.6) is 0 Å². The van der Waals surface area contributed by atoms with E-state index in [0.717, 1.165) is 0 Å². The van der Waals surface area contributed by atoms with Gasteiger partial charge in [-0.25, -0.2) is 0 Å². The largest absolute Gasteiger partial charge is 0.584 e. The minimum atomic E-state index is -0.782. The third-order valence-corrected chi connectivity index (χ3v) is 0.745. The molecule has 1 rings (SSSR count). The van der Waals surface area contributed by atoms with Crippen molar-refractivity contribution in [3.8, 4) is 0 Å². The fourth-order valence-electron chi connectivity index (χ4n) is 0.408. The first kappa shape index (κ1) is 4.90. The molecule has 1 aromatic rings. The molecule has 0 aliphatic heterocycles. The van der Waals surface area contributed by atoms with Crippen LogP contribution in [0.25, 0.3) is 0 Å². The highest BCUT2D eigenvalue weighted by molar-refractivity contribution is 5.84. The zero-order valence-corrected chi connectivity index (χ0v) is 4.05. The summed E-state index contributed by atoms with van der Waals surface area (Å²) in [7, 11) is 0. The maximum absolute atomic E-state index is 10.1. The Hall–Kier alpha value is -1.25. The highest BCUT2D eigenvalue weighted by Gasteiger charge is 2.12. The second-order valence-corrected chi connectivity index (χ2v) is 1.31. The molecule has 0 amide bonds. The summed E-state index contributed by atoms with van der Waals surface area (Å²) >= 11 is 0. The van der Waals surface area contributed by atoms with E-state index in [0.29, 0.717) is 0 Å². The van der Waals surface area contributed by atoms with Crippen LogP contribution in [0, 0.1) is 0 Å². The molecule has 0 aliphatic rings. The van der Waals surface area contributed by atoms with Crippen molar-refractivity contribution < 1.29 is 14.3 Å². The van der Waals surface area contributed by atoms with Gasteiger partial charge in [0.2, 0.25) is 0 Å². The molecule has 0 aliphatic carbocycles. The lowest BCUT2D eigenvalue weighted by Gasteiger charge is -1.72. The summed E-state index contributed by atoms with van der Waals surface area (Å²) in [6.07, 6.45) is 1.36. The Morgan fingerprint density at radius 3 is 2.75 bits per heavy atom. The minimum absolute atomic E-state index is 0.0880. The summed E-state index contributed by atoms with van der Waals surface area (Å²) < 4.78 is 4.56. The van der Waals surface area contributed by atoms with Gasteiger partial charge in [-0.15, -0.1) is 0 Å². The number of carbonyl (C=O) groups is 1. The summed E-state index contributed by atoms with van der Waals surface area (Å²) in [6, 6.07) is 3.02. The summed E-state index contributed by atoms with van der Waals surface area (Å²) in [5.41, 5.74) is 0. The van der Waals surface area contributed by atoms with E-state index in [9.17, 15) is 4.79 Å². The Morgan fingerprint density at radius 1 is 1.75 bits per heavy atom. The molecule has 3 heteroatoms. The van der Waals surface area contributed by atoms with Crippen LogP contribution in [0.3, 0.4) is 0 Å². The number of hydrogen-bond acceptors (Lipinski definition) is 2. The number of furan rings is 1. The summed E-state index contributed by atoms with van der Waals surface area (Å²) in [6.45, 7) is 0. The van der Waals surface area contributed by atoms with Gasteiger partial charge in [0.05, 0.1) is 11.1 Å². The maximum atomic E-state index is 10.1. The molecule has 0 atom stereocenters. The monoisotopic (exact) mass is 113 g/mol. The van der Waals surface area contributed by atoms with Gasteiger partial charge in [-0.3, -0.25) is 0 Å². The molecule has 0 unspecified atom stereocenters. The zero-order chi connectivity index (χ0) is 5.98. The van der Waals surface area contributed by atoms with Crippen LogP contribution in [-0.2, 0) is 0 Å². The Kier molecular flexibility index (Phi) is 1.04. The van der Waals surface area contributed by atoms with E-state index >= 15 is 0 Å². The van der Waals surface area contributed by atoms with E-state index in [1.807, 2.05) is 0 Å². The minimum Gasteiger partial charge on any atom is -0.559 e. The molecular weight excluding hydrogens is 108 g/mol. The fraction of sp³-hybridized carbons (Fsp3) is 0. The van der Waals surface area contributed by atoms with Gasteiger partial charge in [-0.1, -0.05) is 0 Å². The molecule has 42 valence electrons. The average Bonchev–Trinajstić information content (AvgIpc) is 2.12. The van der Waals surface area contributed by atoms with Crippen molar-refractivity contribution in [2.24, 2.45) is 0 Å². The first-order chi connectivity index (χ1) is 3.80. The van der Waals surface area contributed by atoms with E-state index in [1.165, 1.54) is 12.3 Å². The van der Waals surface area contributed by atoms with Gasteiger partial charge in [0.15, 0.2) is 0 Å². The molecule has 2 N–H and O–H groups in total. The van der Waals surface area contributed by atoms with E-state index in [2.05, 4.69) is 4.42 Å². The van der Waals surface area contributed by atoms with Gasteiger partial charge in [-0.05, 0) is 12.1 Å². The molecule has 0 radical (unpaired) electrons. The quantitative estimate of drug-likeness (QED) is 0.486. The fourth-order valence-corrected chi connectivity index (χ4v) is 0.408. The number of hydrogen-bond donors (Lipinski definition) is 0. The average molecular weight is 113 g/mol. The lowest BCUT2D eigenvalue weighted by Crippen LogP contribution is -1.90. The van der Waals surface area contributed by atoms with Crippen molar-refractivity contribution in [3.63, 3.8) is 0 Å². The topological polar surface area (TPSA) is 53.1 Å². The molecule has 1 aromatic heterocycles. The van der Waals surface area contributed by atoms with Gasteiger partial charge < -0.3 is 9.52 Å². The van der Waals surface area contributed by atoms with Crippen molar-refractivity contribution in [1.82, 2.24) is 0 Å². The molecule has 3 nitrogen and oxygen atoms in total. The molecule has 0 fully saturated rings. The Bertz CT molecular complexity index is 176. The lowest BCUT2D eigenvalue weighted by atomic mass is 10.5. The van der Waals surface area contributed by atoms with E-state index in [4.69, 9.17) is 5.11 Å². The van der Waals surface area contributed by atoms with Crippen molar-refractivity contribution >= 4 is 5.97 Å². The normalized spacial score (nSPS) is 9.00. The molecule has 1 heterocycles. The standard InChI is InChI=1S/C5H4O3/c6-5(7)4-2-1-3-8-4/h1-3H,(H,6,7)/p+1. The first-order valence-corrected chi connectivity index (χ1v) is 2.10. The van der Waals surface area contributed by atoms with Crippen LogP contribution in [0.2, 0.25) is 0 Å². The number of carbonyl (C=O) groups excluding carboxylic acids is 1. The van der Waals surface area contributed by atoms with Crippen molar-refractivity contribution in [1.29, 1.82) is 0 Å². The predicted octanol–water partition coefficient (Wildman–Crippen LogP) is 0.144. The van der Waals surface area contributed by atoms with Gasteiger partial charge in [-0.2, -0.15) is 0 Å². The second-order valence-electron chi connectivity index (χ2n) is 1.31. The summed E-state index contributed by atoms with van der Waals surface area (Å²) in [5.74, 6) is -0.694. The Labute approximate surface area is 45.5 Å². The summed E-state index contributed by atoms with van der Waals surface area (Å²) in [4.78, 5) is 10.1. The highest BCUT2D eigenvalue weighted by Crippen LogP contribution is 1.97. The van der Waals surface area contributed by atoms with E-state index in [1.54, 1.807) is 6.07 Å². The predicted molar refractivity (Wildman–Crippen MR) is 26.7 cm³/mol. The van der Waals surface area contributed by atoms with Gasteiger partial charge in [0, 0.05) is 0 Å². The molecule has 0 saturated heterocycles. The Balaban J connectivity index is 2.93. The van der Waals surface area contributed by atoms with Crippen LogP contribution >= 0.6 is 0 Å². The van der Waals surface area contributed by atoms with Crippen molar-refractivity contribution in [2.75, 3.05) is 0 Å². The zero-order valence-electron chi connectivity index (χ0n) is 4.05. The van der Waals surface area contributed by atoms with Gasteiger partial charge in [0.1, 0.15) is 0 Å². The second kappa shape index (κ2) is 1.69. The smallest absolute Gasteiger partial charge is 0.559 e. The SMILES string of the molecule is O=C([OH2+])c1ccco1. The molecule has 0 bridgehead atoms. The van der Waals surface area contributed by atoms with E-state index in [-0.39, 0.29) is 5.76 Å². The molecule has 0 saturated carbocycles. The van der Waals surface area contributed by atoms with Gasteiger partial charge >= 0.3 is 5.97 Å². The maximum Gasteiger partial charge on any atom is 0.584 e. The van der Waals surface area contributed by atoms with E-state index < -0.39 is 5.97 Å². The third-order valence-electron chi connectivity index (χ3n) is 0.745. The molecular formula is C5H5O3+. The summed E-state index contributed by atoms with van der Waals surface area (Å²) in [5, 5.41) is 6.50. The molecule has 0 aromatic carbocycles. The van der Waals surface area contributed by atoms with Crippen LogP contribution in [0.15, 0.2) is 22.8 Å². The third kappa shape index (κ3) is 0.703. The van der Waals surface area contributed by atoms with Gasteiger partial charge in [0.25, 0.3) is 5.76 Å². The highest BCUT2D eigenvalue weighted by atomic mass is 16.4. The lowest BCUT2D eigenvalue weighted by molar-refractivity contribution is 0.0662. The first-order valence-electron chi connectivity index (χ1n) is 2.10. The molecule has 0 spiro atoms. The van der Waals surface area contributed by atoms with Crippen LogP contribution < -0.4 is 0 Å². The van der Waals surface area contributed by atoms with Crippen LogP contribution in [0.1, 0.15) is 10.6 Å². The van der Waals surface area contributed by atoms with Crippen molar-refractivity contribution in [2.45, 2.75) is 0 Å². The Morgan fingerprint density at radius 2 is 2.50 bits per heavy atom. The number of rotatable bonds is 1. The molecule has 8 heavy (non-hydrogen) atoms. The van der Waals surface area contributed by atoms with Crippen molar-refractivity contribution in [3.05, 3.63) is 24.2 Å². The van der Waals surface area contributed by atoms with Crippen LogP contribution in [-0.4, -0.2) is 11.1 Å².